The second-order valence-electron chi connectivity index (χ2n) is 9.06. The predicted octanol–water partition coefficient (Wildman–Crippen LogP) is 6.55. The van der Waals surface area contributed by atoms with Crippen LogP contribution in [0.4, 0.5) is 0 Å². The Hall–Kier alpha value is -2.74. The average Bonchev–Trinajstić information content (AvgIpc) is 2.75. The molecule has 29 heavy (non-hydrogen) atoms. The van der Waals surface area contributed by atoms with Gasteiger partial charge in [-0.1, -0.05) is 74.9 Å². The number of benzene rings is 3. The van der Waals surface area contributed by atoms with Crippen LogP contribution in [-0.2, 0) is 10.8 Å². The molecule has 3 aromatic carbocycles. The number of aromatic hydroxyl groups is 2. The first-order valence-corrected chi connectivity index (χ1v) is 10.6. The maximum atomic E-state index is 9.84. The van der Waals surface area contributed by atoms with Gasteiger partial charge in [0.25, 0.3) is 0 Å². The molecule has 0 spiro atoms. The summed E-state index contributed by atoms with van der Waals surface area (Å²) in [5, 5.41) is 19.7. The molecule has 0 amide bonds. The Morgan fingerprint density at radius 3 is 1.79 bits per heavy atom. The summed E-state index contributed by atoms with van der Waals surface area (Å²) in [6.07, 6.45) is 4.48. The molecule has 1 aliphatic carbocycles. The van der Waals surface area contributed by atoms with E-state index >= 15 is 0 Å². The van der Waals surface area contributed by atoms with Gasteiger partial charge in [-0.2, -0.15) is 0 Å². The van der Waals surface area contributed by atoms with Crippen molar-refractivity contribution >= 4 is 0 Å². The van der Waals surface area contributed by atoms with Crippen molar-refractivity contribution < 1.29 is 10.2 Å². The van der Waals surface area contributed by atoms with Gasteiger partial charge in [-0.05, 0) is 71.6 Å². The van der Waals surface area contributed by atoms with Crippen molar-refractivity contribution in [1.82, 2.24) is 0 Å². The molecule has 0 bridgehead atoms. The molecular formula is C27H30O2. The van der Waals surface area contributed by atoms with Crippen molar-refractivity contribution in [3.05, 3.63) is 95.6 Å². The Morgan fingerprint density at radius 1 is 0.759 bits per heavy atom. The second-order valence-corrected chi connectivity index (χ2v) is 9.06. The maximum Gasteiger partial charge on any atom is 0.115 e. The zero-order valence-corrected chi connectivity index (χ0v) is 17.3. The van der Waals surface area contributed by atoms with E-state index in [1.165, 1.54) is 23.1 Å². The lowest BCUT2D eigenvalue weighted by Crippen LogP contribution is -2.41. The predicted molar refractivity (Wildman–Crippen MR) is 118 cm³/mol. The largest absolute Gasteiger partial charge is 0.508 e. The summed E-state index contributed by atoms with van der Waals surface area (Å²) >= 11 is 0. The molecule has 1 fully saturated rings. The lowest BCUT2D eigenvalue weighted by Gasteiger charge is -2.47. The van der Waals surface area contributed by atoms with Crippen LogP contribution in [-0.4, -0.2) is 10.2 Å². The monoisotopic (exact) mass is 386 g/mol. The molecular weight excluding hydrogens is 356 g/mol. The van der Waals surface area contributed by atoms with Crippen molar-refractivity contribution in [2.24, 2.45) is 5.92 Å². The van der Waals surface area contributed by atoms with Crippen LogP contribution in [0.25, 0.3) is 0 Å². The van der Waals surface area contributed by atoms with E-state index < -0.39 is 0 Å². The van der Waals surface area contributed by atoms with E-state index in [9.17, 15) is 10.2 Å². The molecule has 0 radical (unpaired) electrons. The molecule has 2 nitrogen and oxygen atoms in total. The van der Waals surface area contributed by atoms with Gasteiger partial charge in [-0.15, -0.1) is 0 Å². The summed E-state index contributed by atoms with van der Waals surface area (Å²) in [4.78, 5) is 0. The first-order valence-electron chi connectivity index (χ1n) is 10.6. The topological polar surface area (TPSA) is 40.5 Å². The molecule has 1 aliphatic rings. The Labute approximate surface area is 173 Å². The van der Waals surface area contributed by atoms with E-state index in [-0.39, 0.29) is 10.8 Å². The van der Waals surface area contributed by atoms with Gasteiger partial charge in [0, 0.05) is 5.41 Å². The summed E-state index contributed by atoms with van der Waals surface area (Å²) in [6.45, 7) is 4.74. The van der Waals surface area contributed by atoms with Crippen LogP contribution in [0.1, 0.15) is 56.2 Å². The standard InChI is InChI=1S/C27H30O2/c1-26(2,20-7-4-3-5-8-20)23-9-6-18-27(19-23,21-10-14-24(28)15-11-21)22-12-16-25(29)17-13-22/h3-5,7-8,10-17,23,28-29H,6,9,18-19H2,1-2H3. The van der Waals surface area contributed by atoms with Gasteiger partial charge in [0.1, 0.15) is 11.5 Å². The second kappa shape index (κ2) is 7.59. The fraction of sp³-hybridized carbons (Fsp3) is 0.333. The fourth-order valence-corrected chi connectivity index (χ4v) is 5.25. The molecule has 1 saturated carbocycles. The molecule has 0 aliphatic heterocycles. The Balaban J connectivity index is 1.79. The van der Waals surface area contributed by atoms with Crippen LogP contribution in [0.15, 0.2) is 78.9 Å². The van der Waals surface area contributed by atoms with E-state index in [1.54, 1.807) is 24.3 Å². The minimum Gasteiger partial charge on any atom is -0.508 e. The summed E-state index contributed by atoms with van der Waals surface area (Å²) in [5.41, 5.74) is 3.83. The molecule has 150 valence electrons. The van der Waals surface area contributed by atoms with Crippen LogP contribution in [0.3, 0.4) is 0 Å². The van der Waals surface area contributed by atoms with Crippen molar-refractivity contribution in [2.75, 3.05) is 0 Å². The van der Waals surface area contributed by atoms with Crippen LogP contribution in [0.5, 0.6) is 11.5 Å². The molecule has 1 atom stereocenters. The molecule has 0 heterocycles. The van der Waals surface area contributed by atoms with Crippen molar-refractivity contribution in [2.45, 2.75) is 50.4 Å². The van der Waals surface area contributed by atoms with Gasteiger partial charge in [0.15, 0.2) is 0 Å². The SMILES string of the molecule is CC(C)(c1ccccc1)C1CCCC(c2ccc(O)cc2)(c2ccc(O)cc2)C1. The van der Waals surface area contributed by atoms with Gasteiger partial charge in [-0.3, -0.25) is 0 Å². The first-order chi connectivity index (χ1) is 13.9. The summed E-state index contributed by atoms with van der Waals surface area (Å²) in [6, 6.07) is 26.3. The molecule has 0 saturated heterocycles. The van der Waals surface area contributed by atoms with Crippen LogP contribution in [0.2, 0.25) is 0 Å². The highest BCUT2D eigenvalue weighted by atomic mass is 16.3. The molecule has 3 aromatic rings. The highest BCUT2D eigenvalue weighted by molar-refractivity contribution is 5.44. The first kappa shape index (κ1) is 19.6. The Kier molecular flexibility index (Phi) is 5.12. The maximum absolute atomic E-state index is 9.84. The van der Waals surface area contributed by atoms with Gasteiger partial charge in [0.2, 0.25) is 0 Å². The van der Waals surface area contributed by atoms with Crippen molar-refractivity contribution in [1.29, 1.82) is 0 Å². The highest BCUT2D eigenvalue weighted by Gasteiger charge is 2.44. The fourth-order valence-electron chi connectivity index (χ4n) is 5.25. The zero-order chi connectivity index (χ0) is 20.5. The van der Waals surface area contributed by atoms with Crippen molar-refractivity contribution in [3.63, 3.8) is 0 Å². The summed E-state index contributed by atoms with van der Waals surface area (Å²) in [7, 11) is 0. The zero-order valence-electron chi connectivity index (χ0n) is 17.3. The normalized spacial score (nSPS) is 19.0. The smallest absolute Gasteiger partial charge is 0.115 e. The minimum atomic E-state index is -0.115. The lowest BCUT2D eigenvalue weighted by molar-refractivity contribution is 0.178. The number of phenolic OH excluding ortho intramolecular Hbond substituents is 2. The number of hydrogen-bond donors (Lipinski definition) is 2. The highest BCUT2D eigenvalue weighted by Crippen LogP contribution is 2.52. The summed E-state index contributed by atoms with van der Waals surface area (Å²) in [5.74, 6) is 1.12. The van der Waals surface area contributed by atoms with Gasteiger partial charge in [0.05, 0.1) is 0 Å². The third-order valence-corrected chi connectivity index (χ3v) is 7.13. The molecule has 2 heteroatoms. The van der Waals surface area contributed by atoms with Crippen LogP contribution in [0, 0.1) is 5.92 Å². The van der Waals surface area contributed by atoms with E-state index in [0.29, 0.717) is 17.4 Å². The lowest BCUT2D eigenvalue weighted by atomic mass is 9.56. The molecule has 1 unspecified atom stereocenters. The van der Waals surface area contributed by atoms with Gasteiger partial charge < -0.3 is 10.2 Å². The van der Waals surface area contributed by atoms with Gasteiger partial charge >= 0.3 is 0 Å². The quantitative estimate of drug-likeness (QED) is 0.533. The van der Waals surface area contributed by atoms with Crippen molar-refractivity contribution in [3.8, 4) is 11.5 Å². The van der Waals surface area contributed by atoms with Crippen LogP contribution >= 0.6 is 0 Å². The Morgan fingerprint density at radius 2 is 1.28 bits per heavy atom. The number of phenols is 2. The third-order valence-electron chi connectivity index (χ3n) is 7.13. The van der Waals surface area contributed by atoms with E-state index in [1.807, 2.05) is 0 Å². The van der Waals surface area contributed by atoms with Gasteiger partial charge in [-0.25, -0.2) is 0 Å². The van der Waals surface area contributed by atoms with Crippen LogP contribution < -0.4 is 0 Å². The minimum absolute atomic E-state index is 0.0702. The number of hydrogen-bond acceptors (Lipinski definition) is 2. The van der Waals surface area contributed by atoms with E-state index in [0.717, 1.165) is 19.3 Å². The van der Waals surface area contributed by atoms with E-state index in [4.69, 9.17) is 0 Å². The Bertz CT molecular complexity index is 895. The molecule has 4 rings (SSSR count). The third kappa shape index (κ3) is 3.64. The number of rotatable bonds is 4. The summed E-state index contributed by atoms with van der Waals surface area (Å²) < 4.78 is 0. The molecule has 2 N–H and O–H groups in total. The molecule has 0 aromatic heterocycles. The van der Waals surface area contributed by atoms with E-state index in [2.05, 4.69) is 68.4 Å². The average molecular weight is 387 g/mol.